The molecule has 2 saturated heterocycles. The van der Waals surface area contributed by atoms with Crippen LogP contribution in [0.3, 0.4) is 0 Å². The smallest absolute Gasteiger partial charge is 0.307 e. The van der Waals surface area contributed by atoms with Crippen LogP contribution in [0.15, 0.2) is 0 Å². The number of hydrogen-bond acceptors (Lipinski definition) is 3. The van der Waals surface area contributed by atoms with Gasteiger partial charge in [-0.15, -0.1) is 0 Å². The fourth-order valence-corrected chi connectivity index (χ4v) is 3.07. The maximum atomic E-state index is 11.0. The standard InChI is InChI=1S/C13H24N2O2/c1-10(13(16)17)11(2)15-8-5-12(9-15)14-6-3-4-7-14/h10-12H,3-9H2,1-2H3,(H,16,17). The van der Waals surface area contributed by atoms with Gasteiger partial charge in [0, 0.05) is 25.2 Å². The van der Waals surface area contributed by atoms with E-state index in [9.17, 15) is 4.79 Å². The van der Waals surface area contributed by atoms with E-state index in [2.05, 4.69) is 9.80 Å². The van der Waals surface area contributed by atoms with Crippen LogP contribution in [-0.2, 0) is 4.79 Å². The Balaban J connectivity index is 1.86. The maximum Gasteiger partial charge on any atom is 0.307 e. The van der Waals surface area contributed by atoms with Crippen LogP contribution in [0.2, 0.25) is 0 Å². The predicted octanol–water partition coefficient (Wildman–Crippen LogP) is 1.27. The van der Waals surface area contributed by atoms with Crippen LogP contribution in [-0.4, -0.2) is 59.1 Å². The first-order chi connectivity index (χ1) is 8.09. The molecule has 3 atom stereocenters. The van der Waals surface area contributed by atoms with Gasteiger partial charge in [-0.25, -0.2) is 0 Å². The van der Waals surface area contributed by atoms with Crippen LogP contribution in [0.1, 0.15) is 33.1 Å². The normalized spacial score (nSPS) is 30.6. The molecule has 0 aromatic carbocycles. The minimum absolute atomic E-state index is 0.153. The van der Waals surface area contributed by atoms with Crippen LogP contribution in [0.4, 0.5) is 0 Å². The van der Waals surface area contributed by atoms with E-state index in [1.807, 2.05) is 13.8 Å². The monoisotopic (exact) mass is 240 g/mol. The average molecular weight is 240 g/mol. The Kier molecular flexibility index (Phi) is 4.05. The second kappa shape index (κ2) is 5.36. The van der Waals surface area contributed by atoms with E-state index in [1.54, 1.807) is 0 Å². The van der Waals surface area contributed by atoms with Crippen LogP contribution >= 0.6 is 0 Å². The Morgan fingerprint density at radius 1 is 1.24 bits per heavy atom. The first-order valence-electron chi connectivity index (χ1n) is 6.80. The zero-order valence-electron chi connectivity index (χ0n) is 10.9. The highest BCUT2D eigenvalue weighted by atomic mass is 16.4. The van der Waals surface area contributed by atoms with Crippen molar-refractivity contribution >= 4 is 5.97 Å². The number of likely N-dealkylation sites (tertiary alicyclic amines) is 2. The molecule has 2 heterocycles. The largest absolute Gasteiger partial charge is 0.481 e. The molecule has 0 aliphatic carbocycles. The van der Waals surface area contributed by atoms with Gasteiger partial charge in [0.05, 0.1) is 5.92 Å². The van der Waals surface area contributed by atoms with E-state index >= 15 is 0 Å². The minimum Gasteiger partial charge on any atom is -0.481 e. The summed E-state index contributed by atoms with van der Waals surface area (Å²) in [6.07, 6.45) is 3.87. The summed E-state index contributed by atoms with van der Waals surface area (Å²) in [4.78, 5) is 15.9. The number of carbonyl (C=O) groups is 1. The minimum atomic E-state index is -0.679. The van der Waals surface area contributed by atoms with E-state index in [-0.39, 0.29) is 12.0 Å². The lowest BCUT2D eigenvalue weighted by molar-refractivity contribution is -0.143. The number of nitrogens with zero attached hydrogens (tertiary/aromatic N) is 2. The average Bonchev–Trinajstić information content (AvgIpc) is 2.96. The summed E-state index contributed by atoms with van der Waals surface area (Å²) >= 11 is 0. The number of hydrogen-bond donors (Lipinski definition) is 1. The van der Waals surface area contributed by atoms with E-state index < -0.39 is 5.97 Å². The van der Waals surface area contributed by atoms with Crippen LogP contribution in [0.5, 0.6) is 0 Å². The van der Waals surface area contributed by atoms with Gasteiger partial charge in [0.1, 0.15) is 0 Å². The molecule has 98 valence electrons. The quantitative estimate of drug-likeness (QED) is 0.803. The molecular formula is C13H24N2O2. The Morgan fingerprint density at radius 3 is 2.47 bits per heavy atom. The van der Waals surface area contributed by atoms with Crippen molar-refractivity contribution in [3.63, 3.8) is 0 Å². The van der Waals surface area contributed by atoms with Gasteiger partial charge in [0.2, 0.25) is 0 Å². The first-order valence-corrected chi connectivity index (χ1v) is 6.80. The fourth-order valence-electron chi connectivity index (χ4n) is 3.07. The number of carboxylic acids is 1. The fraction of sp³-hybridized carbons (Fsp3) is 0.923. The Bertz CT molecular complexity index is 277. The van der Waals surface area contributed by atoms with E-state index in [0.717, 1.165) is 13.1 Å². The predicted molar refractivity (Wildman–Crippen MR) is 67.0 cm³/mol. The van der Waals surface area contributed by atoms with Crippen LogP contribution in [0, 0.1) is 5.92 Å². The van der Waals surface area contributed by atoms with Gasteiger partial charge >= 0.3 is 5.97 Å². The van der Waals surface area contributed by atoms with Gasteiger partial charge in [0.25, 0.3) is 0 Å². The van der Waals surface area contributed by atoms with Gasteiger partial charge in [0.15, 0.2) is 0 Å². The molecule has 0 amide bonds. The molecule has 1 N–H and O–H groups in total. The van der Waals surface area contributed by atoms with Crippen molar-refractivity contribution in [2.24, 2.45) is 5.92 Å². The number of carboxylic acid groups (broad SMARTS) is 1. The Labute approximate surface area is 104 Å². The van der Waals surface area contributed by atoms with Crippen molar-refractivity contribution in [2.75, 3.05) is 26.2 Å². The molecule has 17 heavy (non-hydrogen) atoms. The zero-order valence-corrected chi connectivity index (χ0v) is 10.9. The molecule has 2 rings (SSSR count). The summed E-state index contributed by atoms with van der Waals surface area (Å²) in [7, 11) is 0. The lowest BCUT2D eigenvalue weighted by Crippen LogP contribution is -2.42. The summed E-state index contributed by atoms with van der Waals surface area (Å²) in [5.74, 6) is -0.950. The van der Waals surface area contributed by atoms with Crippen molar-refractivity contribution < 1.29 is 9.90 Å². The Morgan fingerprint density at radius 2 is 1.88 bits per heavy atom. The van der Waals surface area contributed by atoms with Crippen molar-refractivity contribution in [3.05, 3.63) is 0 Å². The van der Waals surface area contributed by atoms with Crippen LogP contribution < -0.4 is 0 Å². The SMILES string of the molecule is CC(C(=O)O)C(C)N1CCC(N2CCCC2)C1. The number of rotatable bonds is 4. The van der Waals surface area contributed by atoms with E-state index in [0.29, 0.717) is 6.04 Å². The highest BCUT2D eigenvalue weighted by Gasteiger charge is 2.34. The molecule has 2 fully saturated rings. The van der Waals surface area contributed by atoms with Crippen LogP contribution in [0.25, 0.3) is 0 Å². The van der Waals surface area contributed by atoms with E-state index in [1.165, 1.54) is 32.4 Å². The summed E-state index contributed by atoms with van der Waals surface area (Å²) in [6, 6.07) is 0.820. The lowest BCUT2D eigenvalue weighted by Gasteiger charge is -2.29. The molecule has 4 heteroatoms. The van der Waals surface area contributed by atoms with Crippen molar-refractivity contribution in [2.45, 2.75) is 45.2 Å². The summed E-state index contributed by atoms with van der Waals surface area (Å²) in [6.45, 7) is 8.45. The first kappa shape index (κ1) is 12.8. The van der Waals surface area contributed by atoms with E-state index in [4.69, 9.17) is 5.11 Å². The van der Waals surface area contributed by atoms with Crippen molar-refractivity contribution in [3.8, 4) is 0 Å². The molecule has 0 bridgehead atoms. The Hall–Kier alpha value is -0.610. The molecule has 2 aliphatic rings. The lowest BCUT2D eigenvalue weighted by atomic mass is 10.0. The van der Waals surface area contributed by atoms with Crippen molar-refractivity contribution in [1.82, 2.24) is 9.80 Å². The zero-order chi connectivity index (χ0) is 12.4. The molecule has 0 spiro atoms. The third-order valence-electron chi connectivity index (χ3n) is 4.54. The third kappa shape index (κ3) is 2.80. The van der Waals surface area contributed by atoms with Crippen molar-refractivity contribution in [1.29, 1.82) is 0 Å². The maximum absolute atomic E-state index is 11.0. The highest BCUT2D eigenvalue weighted by Crippen LogP contribution is 2.24. The molecular weight excluding hydrogens is 216 g/mol. The van der Waals surface area contributed by atoms with Gasteiger partial charge in [-0.1, -0.05) is 6.92 Å². The second-order valence-electron chi connectivity index (χ2n) is 5.55. The highest BCUT2D eigenvalue weighted by molar-refractivity contribution is 5.70. The second-order valence-corrected chi connectivity index (χ2v) is 5.55. The van der Waals surface area contributed by atoms with Gasteiger partial charge in [-0.3, -0.25) is 14.6 Å². The molecule has 0 radical (unpaired) electrons. The summed E-state index contributed by atoms with van der Waals surface area (Å²) in [5, 5.41) is 9.05. The van der Waals surface area contributed by atoms with Gasteiger partial charge in [-0.2, -0.15) is 0 Å². The number of aliphatic carboxylic acids is 1. The summed E-state index contributed by atoms with van der Waals surface area (Å²) < 4.78 is 0. The molecule has 0 saturated carbocycles. The molecule has 4 nitrogen and oxygen atoms in total. The molecule has 3 unspecified atom stereocenters. The summed E-state index contributed by atoms with van der Waals surface area (Å²) in [5.41, 5.74) is 0. The molecule has 2 aliphatic heterocycles. The van der Waals surface area contributed by atoms with Gasteiger partial charge < -0.3 is 5.11 Å². The van der Waals surface area contributed by atoms with Gasteiger partial charge in [-0.05, 0) is 39.3 Å². The third-order valence-corrected chi connectivity index (χ3v) is 4.54. The molecule has 0 aromatic heterocycles. The molecule has 0 aromatic rings. The topological polar surface area (TPSA) is 43.8 Å².